The number of furan rings is 1. The van der Waals surface area contributed by atoms with Crippen molar-refractivity contribution in [3.8, 4) is 11.5 Å². The number of nitrogens with zero attached hydrogens (tertiary/aromatic N) is 2. The van der Waals surface area contributed by atoms with Crippen LogP contribution in [0.3, 0.4) is 0 Å². The van der Waals surface area contributed by atoms with Crippen LogP contribution in [-0.2, 0) is 16.1 Å². The maximum Gasteiger partial charge on any atom is 0.331 e. The van der Waals surface area contributed by atoms with E-state index in [0.717, 1.165) is 17.0 Å². The van der Waals surface area contributed by atoms with Crippen LogP contribution in [0.25, 0.3) is 6.08 Å². The summed E-state index contributed by atoms with van der Waals surface area (Å²) in [4.78, 5) is 48.5. The van der Waals surface area contributed by atoms with Crippen molar-refractivity contribution in [2.24, 2.45) is 0 Å². The molecule has 0 bridgehead atoms. The van der Waals surface area contributed by atoms with Crippen molar-refractivity contribution in [1.29, 1.82) is 0 Å². The smallest absolute Gasteiger partial charge is 0.331 e. The molecule has 1 N–H and O–H groups in total. The lowest BCUT2D eigenvalue weighted by atomic mass is 10.1. The number of hydrogen-bond acceptors (Lipinski definition) is 8. The summed E-state index contributed by atoms with van der Waals surface area (Å²) in [7, 11) is 2.58. The summed E-state index contributed by atoms with van der Waals surface area (Å²) < 4.78 is 15.3. The highest BCUT2D eigenvalue weighted by Crippen LogP contribution is 2.35. The summed E-state index contributed by atoms with van der Waals surface area (Å²) >= 11 is 0. The van der Waals surface area contributed by atoms with E-state index in [4.69, 9.17) is 13.9 Å². The Balaban J connectivity index is 2.04. The molecular formula is C18H15N3O8. The maximum absolute atomic E-state index is 12.8. The van der Waals surface area contributed by atoms with Gasteiger partial charge in [-0.1, -0.05) is 0 Å². The number of ether oxygens (including phenoxy) is 2. The molecule has 3 rings (SSSR count). The van der Waals surface area contributed by atoms with Crippen molar-refractivity contribution in [3.05, 3.63) is 57.5 Å². The second-order valence-electron chi connectivity index (χ2n) is 5.81. The number of amides is 4. The van der Waals surface area contributed by atoms with Crippen molar-refractivity contribution in [1.82, 2.24) is 10.2 Å². The van der Waals surface area contributed by atoms with Crippen LogP contribution in [0.5, 0.6) is 11.5 Å². The normalized spacial score (nSPS) is 15.4. The van der Waals surface area contributed by atoms with E-state index >= 15 is 0 Å². The van der Waals surface area contributed by atoms with Gasteiger partial charge in [-0.15, -0.1) is 0 Å². The Hall–Kier alpha value is -4.15. The predicted octanol–water partition coefficient (Wildman–Crippen LogP) is 1.87. The van der Waals surface area contributed by atoms with Crippen molar-refractivity contribution < 1.29 is 33.2 Å². The molecule has 4 amide bonds. The summed E-state index contributed by atoms with van der Waals surface area (Å²) in [6, 6.07) is 4.63. The molecule has 2 heterocycles. The zero-order chi connectivity index (χ0) is 21.1. The topological polar surface area (TPSA) is 141 Å². The summed E-state index contributed by atoms with van der Waals surface area (Å²) in [5.41, 5.74) is -0.688. The first kappa shape index (κ1) is 19.6. The van der Waals surface area contributed by atoms with Crippen LogP contribution in [0, 0.1) is 10.1 Å². The molecule has 1 aromatic carbocycles. The fraction of sp³-hybridized carbons (Fsp3) is 0.167. The number of nitrogens with one attached hydrogen (secondary N) is 1. The van der Waals surface area contributed by atoms with E-state index in [9.17, 15) is 24.5 Å². The number of nitro groups is 1. The minimum absolute atomic E-state index is 0.0527. The minimum atomic E-state index is -0.934. The van der Waals surface area contributed by atoms with Gasteiger partial charge in [-0.2, -0.15) is 0 Å². The monoisotopic (exact) mass is 401 g/mol. The summed E-state index contributed by atoms with van der Waals surface area (Å²) in [5.74, 6) is -1.40. The van der Waals surface area contributed by atoms with E-state index in [1.165, 1.54) is 26.5 Å². The van der Waals surface area contributed by atoms with E-state index in [0.29, 0.717) is 5.76 Å². The zero-order valence-electron chi connectivity index (χ0n) is 15.3. The van der Waals surface area contributed by atoms with Crippen LogP contribution in [0.1, 0.15) is 11.3 Å². The fourth-order valence-electron chi connectivity index (χ4n) is 2.71. The minimum Gasteiger partial charge on any atom is -0.496 e. The quantitative estimate of drug-likeness (QED) is 0.335. The molecule has 1 saturated heterocycles. The van der Waals surface area contributed by atoms with Gasteiger partial charge >= 0.3 is 11.7 Å². The van der Waals surface area contributed by atoms with Gasteiger partial charge in [0, 0.05) is 17.7 Å². The van der Waals surface area contributed by atoms with Crippen molar-refractivity contribution in [2.75, 3.05) is 14.2 Å². The van der Waals surface area contributed by atoms with Crippen LogP contribution in [-0.4, -0.2) is 41.9 Å². The number of imide groups is 2. The molecule has 0 atom stereocenters. The first-order valence-electron chi connectivity index (χ1n) is 8.17. The molecule has 0 aliphatic carbocycles. The molecule has 29 heavy (non-hydrogen) atoms. The van der Waals surface area contributed by atoms with Crippen LogP contribution >= 0.6 is 0 Å². The molecule has 11 heteroatoms. The second kappa shape index (κ2) is 7.84. The highest BCUT2D eigenvalue weighted by Gasteiger charge is 2.36. The Morgan fingerprint density at radius 2 is 1.93 bits per heavy atom. The molecule has 1 aliphatic rings. The van der Waals surface area contributed by atoms with Crippen molar-refractivity contribution >= 4 is 29.6 Å². The lowest BCUT2D eigenvalue weighted by molar-refractivity contribution is -0.385. The number of nitro benzene ring substituents is 1. The average Bonchev–Trinajstić information content (AvgIpc) is 3.21. The van der Waals surface area contributed by atoms with Gasteiger partial charge in [-0.05, 0) is 18.2 Å². The van der Waals surface area contributed by atoms with Crippen LogP contribution in [0.4, 0.5) is 10.5 Å². The number of rotatable bonds is 6. The molecule has 1 fully saturated rings. The van der Waals surface area contributed by atoms with Crippen LogP contribution < -0.4 is 14.8 Å². The Bertz CT molecular complexity index is 1030. The van der Waals surface area contributed by atoms with Crippen LogP contribution in [0.15, 0.2) is 40.5 Å². The average molecular weight is 401 g/mol. The van der Waals surface area contributed by atoms with Gasteiger partial charge in [0.05, 0.1) is 32.0 Å². The standard InChI is InChI=1S/C18H15N3O8/c1-27-14-8-15(28-2)13(21(25)26)7-10(14)6-12-16(22)19-18(24)20(17(12)23)9-11-4-3-5-29-11/h3-8H,9H2,1-2H3,(H,19,22,24). The highest BCUT2D eigenvalue weighted by atomic mass is 16.6. The third-order valence-electron chi connectivity index (χ3n) is 4.11. The number of benzene rings is 1. The summed E-state index contributed by atoms with van der Waals surface area (Å²) in [5, 5.41) is 13.3. The third-order valence-corrected chi connectivity index (χ3v) is 4.11. The Kier molecular flexibility index (Phi) is 5.30. The van der Waals surface area contributed by atoms with Crippen molar-refractivity contribution in [2.45, 2.75) is 6.54 Å². The lowest BCUT2D eigenvalue weighted by Crippen LogP contribution is -2.53. The molecule has 2 aromatic rings. The molecule has 1 aromatic heterocycles. The summed E-state index contributed by atoms with van der Waals surface area (Å²) in [6.07, 6.45) is 2.50. The van der Waals surface area contributed by atoms with Gasteiger partial charge in [-0.25, -0.2) is 4.79 Å². The molecular weight excluding hydrogens is 386 g/mol. The maximum atomic E-state index is 12.8. The number of hydrogen-bond donors (Lipinski definition) is 1. The van der Waals surface area contributed by atoms with Gasteiger partial charge in [0.25, 0.3) is 11.8 Å². The highest BCUT2D eigenvalue weighted by molar-refractivity contribution is 6.31. The molecule has 0 spiro atoms. The van der Waals surface area contributed by atoms with Gasteiger partial charge in [-0.3, -0.25) is 29.9 Å². The van der Waals surface area contributed by atoms with E-state index in [1.807, 2.05) is 0 Å². The van der Waals surface area contributed by atoms with E-state index in [1.54, 1.807) is 12.1 Å². The van der Waals surface area contributed by atoms with Gasteiger partial charge in [0.1, 0.15) is 17.1 Å². The first-order chi connectivity index (χ1) is 13.8. The van der Waals surface area contributed by atoms with E-state index in [2.05, 4.69) is 5.32 Å². The van der Waals surface area contributed by atoms with Gasteiger partial charge < -0.3 is 13.9 Å². The SMILES string of the molecule is COc1cc(OC)c([N+](=O)[O-])cc1C=C1C(=O)NC(=O)N(Cc2ccco2)C1=O. The number of urea groups is 1. The van der Waals surface area contributed by atoms with Crippen molar-refractivity contribution in [3.63, 3.8) is 0 Å². The molecule has 1 aliphatic heterocycles. The largest absolute Gasteiger partial charge is 0.496 e. The van der Waals surface area contributed by atoms with E-state index in [-0.39, 0.29) is 29.3 Å². The number of barbiturate groups is 1. The molecule has 0 radical (unpaired) electrons. The van der Waals surface area contributed by atoms with Gasteiger partial charge in [0.2, 0.25) is 5.75 Å². The van der Waals surface area contributed by atoms with Crippen LogP contribution in [0.2, 0.25) is 0 Å². The third kappa shape index (κ3) is 3.78. The fourth-order valence-corrected chi connectivity index (χ4v) is 2.71. The number of carbonyl (C=O) groups excluding carboxylic acids is 3. The molecule has 11 nitrogen and oxygen atoms in total. The van der Waals surface area contributed by atoms with Gasteiger partial charge in [0.15, 0.2) is 0 Å². The number of carbonyl (C=O) groups is 3. The summed E-state index contributed by atoms with van der Waals surface area (Å²) in [6.45, 7) is -0.192. The zero-order valence-corrected chi connectivity index (χ0v) is 15.3. The molecule has 0 saturated carbocycles. The molecule has 150 valence electrons. The lowest BCUT2D eigenvalue weighted by Gasteiger charge is -2.25. The first-order valence-corrected chi connectivity index (χ1v) is 8.17. The number of methoxy groups -OCH3 is 2. The molecule has 0 unspecified atom stereocenters. The van der Waals surface area contributed by atoms with E-state index < -0.39 is 28.3 Å². The Labute approximate surface area is 163 Å². The second-order valence-corrected chi connectivity index (χ2v) is 5.81. The Morgan fingerprint density at radius 3 is 2.52 bits per heavy atom. The predicted molar refractivity (Wildman–Crippen MR) is 97.0 cm³/mol. The Morgan fingerprint density at radius 1 is 1.21 bits per heavy atom.